The summed E-state index contributed by atoms with van der Waals surface area (Å²) in [5.74, 6) is 0.246. The van der Waals surface area contributed by atoms with E-state index in [2.05, 4.69) is 38.2 Å². The molecule has 4 nitrogen and oxygen atoms in total. The molecule has 0 amide bonds. The third kappa shape index (κ3) is 4.35. The van der Waals surface area contributed by atoms with Crippen LogP contribution in [0.5, 0.6) is 0 Å². The molecular formula is C28H36NO3+. The van der Waals surface area contributed by atoms with Gasteiger partial charge in [-0.05, 0) is 31.7 Å². The number of carbonyl (C=O) groups is 1. The zero-order valence-corrected chi connectivity index (χ0v) is 19.4. The van der Waals surface area contributed by atoms with Gasteiger partial charge in [-0.15, -0.1) is 0 Å². The standard InChI is InChI=1S/C28H36NO3/c1-20-12-14-21(15-13-20)18-29(2)19-23-16-17-25(29)26(23)32-28(30)27(22-8-4-3-5-9-22)31-24-10-6-7-11-24/h3-5,8-9,12-15,23-27H,6-7,10-11,16-19H2,1-2H3/q+1/t23?,25-,26?,27?,29?/m0/s1. The zero-order valence-electron chi connectivity index (χ0n) is 19.4. The maximum Gasteiger partial charge on any atom is 0.340 e. The summed E-state index contributed by atoms with van der Waals surface area (Å²) in [6.07, 6.45) is 6.27. The number of rotatable bonds is 7. The number of esters is 1. The summed E-state index contributed by atoms with van der Waals surface area (Å²) in [6, 6.07) is 19.1. The first-order chi connectivity index (χ1) is 15.5. The van der Waals surface area contributed by atoms with E-state index >= 15 is 0 Å². The summed E-state index contributed by atoms with van der Waals surface area (Å²) in [5, 5.41) is 0. The molecular weight excluding hydrogens is 398 g/mol. The fourth-order valence-electron chi connectivity index (χ4n) is 6.34. The third-order valence-electron chi connectivity index (χ3n) is 7.99. The Morgan fingerprint density at radius 2 is 1.72 bits per heavy atom. The Bertz CT molecular complexity index is 921. The molecule has 1 heterocycles. The Morgan fingerprint density at radius 3 is 2.44 bits per heavy atom. The van der Waals surface area contributed by atoms with Crippen LogP contribution in [-0.2, 0) is 20.8 Å². The number of carbonyl (C=O) groups excluding carboxylic acids is 1. The number of piperidine rings is 1. The number of likely N-dealkylation sites (N-methyl/N-ethyl adjacent to an activating group) is 1. The highest BCUT2D eigenvalue weighted by Gasteiger charge is 2.58. The van der Waals surface area contributed by atoms with E-state index in [0.717, 1.165) is 48.8 Å². The Kier molecular flexibility index (Phi) is 6.09. The minimum Gasteiger partial charge on any atom is -0.453 e. The SMILES string of the molecule is Cc1ccc(C[N+]2(C)CC3CC[C@H]2C3OC(=O)C(OC2CCCC2)c2ccccc2)cc1. The van der Waals surface area contributed by atoms with Crippen molar-refractivity contribution in [2.45, 2.75) is 76.3 Å². The zero-order chi connectivity index (χ0) is 22.1. The molecule has 1 aliphatic heterocycles. The van der Waals surface area contributed by atoms with Gasteiger partial charge in [-0.1, -0.05) is 73.0 Å². The lowest BCUT2D eigenvalue weighted by Gasteiger charge is -2.38. The van der Waals surface area contributed by atoms with Crippen LogP contribution in [-0.4, -0.2) is 42.3 Å². The second-order valence-corrected chi connectivity index (χ2v) is 10.4. The van der Waals surface area contributed by atoms with Crippen LogP contribution in [0.15, 0.2) is 54.6 Å². The lowest BCUT2D eigenvalue weighted by atomic mass is 10.1. The molecule has 5 atom stereocenters. The van der Waals surface area contributed by atoms with Gasteiger partial charge < -0.3 is 14.0 Å². The van der Waals surface area contributed by atoms with Gasteiger partial charge in [-0.3, -0.25) is 0 Å². The number of quaternary nitrogens is 1. The smallest absolute Gasteiger partial charge is 0.340 e. The first-order valence-electron chi connectivity index (χ1n) is 12.3. The Balaban J connectivity index is 1.30. The van der Waals surface area contributed by atoms with Crippen LogP contribution in [0.3, 0.4) is 0 Å². The molecule has 32 heavy (non-hydrogen) atoms. The molecule has 4 heteroatoms. The highest BCUT2D eigenvalue weighted by Crippen LogP contribution is 2.45. The number of hydrogen-bond donors (Lipinski definition) is 0. The van der Waals surface area contributed by atoms with Crippen molar-refractivity contribution in [2.75, 3.05) is 13.6 Å². The summed E-state index contributed by atoms with van der Waals surface area (Å²) in [4.78, 5) is 13.5. The number of nitrogens with zero attached hydrogens (tertiary/aromatic N) is 1. The summed E-state index contributed by atoms with van der Waals surface area (Å²) >= 11 is 0. The maximum absolute atomic E-state index is 13.5. The molecule has 4 unspecified atom stereocenters. The van der Waals surface area contributed by atoms with Crippen molar-refractivity contribution < 1.29 is 18.8 Å². The van der Waals surface area contributed by atoms with Crippen LogP contribution >= 0.6 is 0 Å². The molecule has 2 aromatic carbocycles. The van der Waals surface area contributed by atoms with Gasteiger partial charge in [-0.25, -0.2) is 4.79 Å². The molecule has 170 valence electrons. The molecule has 2 bridgehead atoms. The van der Waals surface area contributed by atoms with Crippen molar-refractivity contribution in [1.82, 2.24) is 0 Å². The highest BCUT2D eigenvalue weighted by atomic mass is 16.6. The minimum absolute atomic E-state index is 0.00339. The first-order valence-corrected chi connectivity index (χ1v) is 12.3. The molecule has 2 saturated carbocycles. The molecule has 0 N–H and O–H groups in total. The van der Waals surface area contributed by atoms with E-state index in [9.17, 15) is 4.79 Å². The molecule has 3 fully saturated rings. The van der Waals surface area contributed by atoms with Crippen molar-refractivity contribution >= 4 is 5.97 Å². The molecule has 5 rings (SSSR count). The van der Waals surface area contributed by atoms with Crippen LogP contribution in [0.1, 0.15) is 61.3 Å². The number of benzene rings is 2. The summed E-state index contributed by atoms with van der Waals surface area (Å²) < 4.78 is 13.6. The average Bonchev–Trinajstić information content (AvgIpc) is 3.50. The molecule has 2 aliphatic carbocycles. The quantitative estimate of drug-likeness (QED) is 0.435. The summed E-state index contributed by atoms with van der Waals surface area (Å²) in [5.41, 5.74) is 3.56. The lowest BCUT2D eigenvalue weighted by Crippen LogP contribution is -2.51. The van der Waals surface area contributed by atoms with E-state index in [1.54, 1.807) is 0 Å². The molecule has 0 spiro atoms. The molecule has 0 radical (unpaired) electrons. The van der Waals surface area contributed by atoms with Gasteiger partial charge in [0, 0.05) is 12.0 Å². The predicted octanol–water partition coefficient (Wildman–Crippen LogP) is 5.35. The van der Waals surface area contributed by atoms with Crippen molar-refractivity contribution in [2.24, 2.45) is 5.92 Å². The Labute approximate surface area is 192 Å². The molecule has 0 aromatic heterocycles. The molecule has 3 aliphatic rings. The van der Waals surface area contributed by atoms with Gasteiger partial charge in [0.05, 0.1) is 25.6 Å². The second kappa shape index (κ2) is 8.99. The van der Waals surface area contributed by atoms with E-state index in [4.69, 9.17) is 9.47 Å². The monoisotopic (exact) mass is 434 g/mol. The normalized spacial score (nSPS) is 30.5. The van der Waals surface area contributed by atoms with Crippen molar-refractivity contribution in [3.05, 3.63) is 71.3 Å². The van der Waals surface area contributed by atoms with Crippen LogP contribution in [0.4, 0.5) is 0 Å². The van der Waals surface area contributed by atoms with Crippen LogP contribution < -0.4 is 0 Å². The van der Waals surface area contributed by atoms with E-state index in [1.165, 1.54) is 24.0 Å². The summed E-state index contributed by atoms with van der Waals surface area (Å²) in [7, 11) is 2.34. The van der Waals surface area contributed by atoms with E-state index in [-0.39, 0.29) is 18.2 Å². The van der Waals surface area contributed by atoms with E-state index < -0.39 is 6.10 Å². The van der Waals surface area contributed by atoms with E-state index in [1.807, 2.05) is 30.3 Å². The van der Waals surface area contributed by atoms with Gasteiger partial charge >= 0.3 is 5.97 Å². The van der Waals surface area contributed by atoms with Crippen LogP contribution in [0, 0.1) is 12.8 Å². The van der Waals surface area contributed by atoms with Gasteiger partial charge in [0.25, 0.3) is 0 Å². The van der Waals surface area contributed by atoms with Crippen molar-refractivity contribution in [1.29, 1.82) is 0 Å². The van der Waals surface area contributed by atoms with Crippen LogP contribution in [0.2, 0.25) is 0 Å². The van der Waals surface area contributed by atoms with Crippen molar-refractivity contribution in [3.8, 4) is 0 Å². The summed E-state index contributed by atoms with van der Waals surface area (Å²) in [6.45, 7) is 4.20. The van der Waals surface area contributed by atoms with Gasteiger partial charge in [0.2, 0.25) is 0 Å². The lowest BCUT2D eigenvalue weighted by molar-refractivity contribution is -0.939. The molecule has 1 saturated heterocycles. The van der Waals surface area contributed by atoms with Gasteiger partial charge in [-0.2, -0.15) is 0 Å². The number of fused-ring (bicyclic) bond motifs is 2. The first kappa shape index (κ1) is 21.7. The fourth-order valence-corrected chi connectivity index (χ4v) is 6.34. The highest BCUT2D eigenvalue weighted by molar-refractivity contribution is 5.77. The van der Waals surface area contributed by atoms with Gasteiger partial charge in [0.15, 0.2) is 12.2 Å². The fraction of sp³-hybridized carbons (Fsp3) is 0.536. The number of hydrogen-bond acceptors (Lipinski definition) is 3. The largest absolute Gasteiger partial charge is 0.453 e. The Morgan fingerprint density at radius 1 is 1.00 bits per heavy atom. The number of likely N-dealkylation sites (tertiary alicyclic amines) is 1. The Hall–Kier alpha value is -2.17. The van der Waals surface area contributed by atoms with Crippen molar-refractivity contribution in [3.63, 3.8) is 0 Å². The maximum atomic E-state index is 13.5. The minimum atomic E-state index is -0.616. The third-order valence-corrected chi connectivity index (χ3v) is 7.99. The number of aryl methyl sites for hydroxylation is 1. The molecule has 2 aromatic rings. The van der Waals surface area contributed by atoms with E-state index in [0.29, 0.717) is 12.0 Å². The second-order valence-electron chi connectivity index (χ2n) is 10.4. The van der Waals surface area contributed by atoms with Gasteiger partial charge in [0.1, 0.15) is 12.6 Å². The number of ether oxygens (including phenoxy) is 2. The predicted molar refractivity (Wildman–Crippen MR) is 125 cm³/mol. The van der Waals surface area contributed by atoms with Crippen LogP contribution in [0.25, 0.3) is 0 Å². The topological polar surface area (TPSA) is 35.5 Å². The average molecular weight is 435 g/mol.